The second kappa shape index (κ2) is 9.59. The highest BCUT2D eigenvalue weighted by molar-refractivity contribution is 6.12. The molecule has 34 heavy (non-hydrogen) atoms. The maximum absolute atomic E-state index is 13.0. The molecule has 0 saturated heterocycles. The van der Waals surface area contributed by atoms with Gasteiger partial charge < -0.3 is 20.9 Å². The van der Waals surface area contributed by atoms with Gasteiger partial charge in [-0.1, -0.05) is 30.3 Å². The van der Waals surface area contributed by atoms with Crippen molar-refractivity contribution in [3.8, 4) is 11.5 Å². The number of rotatable bonds is 8. The van der Waals surface area contributed by atoms with Crippen LogP contribution in [0.2, 0.25) is 0 Å². The summed E-state index contributed by atoms with van der Waals surface area (Å²) in [6.07, 6.45) is 0.0985. The SMILES string of the molecule is CC(C)(C)Oc1ccc(C(=O)CC(C)(C)Oc2ccc(C(=O)c3ccccc3)c(N)c2)c(N)c1. The third kappa shape index (κ3) is 6.38. The summed E-state index contributed by atoms with van der Waals surface area (Å²) in [7, 11) is 0. The van der Waals surface area contributed by atoms with Gasteiger partial charge in [-0.2, -0.15) is 0 Å². The summed E-state index contributed by atoms with van der Waals surface area (Å²) in [6.45, 7) is 9.46. The molecular formula is C28H32N2O4. The van der Waals surface area contributed by atoms with Crippen LogP contribution in [0.25, 0.3) is 0 Å². The Balaban J connectivity index is 1.71. The summed E-state index contributed by atoms with van der Waals surface area (Å²) in [5.41, 5.74) is 13.1. The number of carbonyl (C=O) groups excluding carboxylic acids is 2. The maximum atomic E-state index is 13.0. The number of ether oxygens (including phenoxy) is 2. The number of anilines is 2. The van der Waals surface area contributed by atoms with Crippen LogP contribution < -0.4 is 20.9 Å². The number of benzene rings is 3. The molecule has 0 fully saturated rings. The van der Waals surface area contributed by atoms with E-state index in [1.165, 1.54) is 0 Å². The van der Waals surface area contributed by atoms with Gasteiger partial charge in [0.05, 0.1) is 6.42 Å². The minimum Gasteiger partial charge on any atom is -0.488 e. The highest BCUT2D eigenvalue weighted by atomic mass is 16.5. The van der Waals surface area contributed by atoms with Crippen molar-refractivity contribution < 1.29 is 19.1 Å². The Hall–Kier alpha value is -3.80. The van der Waals surface area contributed by atoms with Gasteiger partial charge in [0, 0.05) is 40.2 Å². The smallest absolute Gasteiger partial charge is 0.195 e. The normalized spacial score (nSPS) is 11.7. The molecule has 0 atom stereocenters. The van der Waals surface area contributed by atoms with Gasteiger partial charge in [0.1, 0.15) is 22.7 Å². The molecule has 0 aliphatic heterocycles. The molecule has 3 rings (SSSR count). The minimum absolute atomic E-state index is 0.0985. The van der Waals surface area contributed by atoms with Crippen LogP contribution in [0.1, 0.15) is 67.3 Å². The first-order valence-electron chi connectivity index (χ1n) is 11.1. The summed E-state index contributed by atoms with van der Waals surface area (Å²) in [4.78, 5) is 25.7. The standard InChI is InChI=1S/C28H32N2O4/c1-27(2,3)33-19-11-13-21(23(29)15-19)25(31)17-28(4,5)34-20-12-14-22(24(30)16-20)26(32)18-9-7-6-8-10-18/h6-16H,17,29-30H2,1-5H3. The number of ketones is 2. The molecular weight excluding hydrogens is 428 g/mol. The third-order valence-corrected chi connectivity index (χ3v) is 5.03. The molecule has 0 aliphatic rings. The van der Waals surface area contributed by atoms with Crippen molar-refractivity contribution in [1.29, 1.82) is 0 Å². The molecule has 6 heteroatoms. The van der Waals surface area contributed by atoms with Gasteiger partial charge in [-0.05, 0) is 58.9 Å². The fraction of sp³-hybridized carbons (Fsp3) is 0.286. The van der Waals surface area contributed by atoms with Gasteiger partial charge in [-0.3, -0.25) is 9.59 Å². The Labute approximate surface area is 200 Å². The van der Waals surface area contributed by atoms with E-state index in [1.54, 1.807) is 60.7 Å². The van der Waals surface area contributed by atoms with Crippen LogP contribution in [-0.4, -0.2) is 22.8 Å². The summed E-state index contributed by atoms with van der Waals surface area (Å²) in [5, 5.41) is 0. The molecule has 6 nitrogen and oxygen atoms in total. The molecule has 0 aliphatic carbocycles. The zero-order valence-corrected chi connectivity index (χ0v) is 20.3. The monoisotopic (exact) mass is 460 g/mol. The number of nitrogen functional groups attached to an aromatic ring is 2. The Bertz CT molecular complexity index is 1190. The maximum Gasteiger partial charge on any atom is 0.195 e. The highest BCUT2D eigenvalue weighted by Crippen LogP contribution is 2.29. The summed E-state index contributed by atoms with van der Waals surface area (Å²) >= 11 is 0. The molecule has 3 aromatic carbocycles. The van der Waals surface area contributed by atoms with Crippen LogP contribution in [0.15, 0.2) is 66.7 Å². The van der Waals surface area contributed by atoms with Crippen molar-refractivity contribution >= 4 is 22.9 Å². The van der Waals surface area contributed by atoms with Crippen LogP contribution in [-0.2, 0) is 0 Å². The molecule has 0 bridgehead atoms. The Morgan fingerprint density at radius 2 is 1.26 bits per heavy atom. The van der Waals surface area contributed by atoms with Crippen molar-refractivity contribution in [3.05, 3.63) is 83.4 Å². The van der Waals surface area contributed by atoms with Gasteiger partial charge in [0.2, 0.25) is 0 Å². The van der Waals surface area contributed by atoms with Crippen molar-refractivity contribution in [3.63, 3.8) is 0 Å². The number of carbonyl (C=O) groups is 2. The molecule has 3 aromatic rings. The first kappa shape index (κ1) is 24.8. The average Bonchev–Trinajstić information content (AvgIpc) is 2.72. The Kier molecular flexibility index (Phi) is 7.01. The van der Waals surface area contributed by atoms with Gasteiger partial charge >= 0.3 is 0 Å². The van der Waals surface area contributed by atoms with E-state index in [4.69, 9.17) is 20.9 Å². The summed E-state index contributed by atoms with van der Waals surface area (Å²) in [6, 6.07) is 19.0. The van der Waals surface area contributed by atoms with Crippen LogP contribution >= 0.6 is 0 Å². The third-order valence-electron chi connectivity index (χ3n) is 5.03. The minimum atomic E-state index is -0.832. The first-order chi connectivity index (χ1) is 15.8. The van der Waals surface area contributed by atoms with Crippen LogP contribution in [0, 0.1) is 0 Å². The fourth-order valence-electron chi connectivity index (χ4n) is 3.60. The number of nitrogens with two attached hydrogens (primary N) is 2. The summed E-state index contributed by atoms with van der Waals surface area (Å²) < 4.78 is 11.9. The van der Waals surface area contributed by atoms with E-state index in [-0.39, 0.29) is 23.6 Å². The number of Topliss-reactive ketones (excluding diaryl/α,β-unsaturated/α-hetero) is 1. The molecule has 4 N–H and O–H groups in total. The van der Waals surface area contributed by atoms with Crippen molar-refractivity contribution in [1.82, 2.24) is 0 Å². The van der Waals surface area contributed by atoms with E-state index in [2.05, 4.69) is 0 Å². The second-order valence-corrected chi connectivity index (χ2v) is 9.87. The zero-order chi connectivity index (χ0) is 25.1. The van der Waals surface area contributed by atoms with E-state index >= 15 is 0 Å². The predicted octanol–water partition coefficient (Wildman–Crippen LogP) is 5.69. The van der Waals surface area contributed by atoms with Crippen LogP contribution in [0.4, 0.5) is 11.4 Å². The lowest BCUT2D eigenvalue weighted by Crippen LogP contribution is -2.31. The van der Waals surface area contributed by atoms with Crippen molar-refractivity contribution in [2.24, 2.45) is 0 Å². The topological polar surface area (TPSA) is 105 Å². The van der Waals surface area contributed by atoms with Crippen LogP contribution in [0.3, 0.4) is 0 Å². The molecule has 0 amide bonds. The average molecular weight is 461 g/mol. The first-order valence-corrected chi connectivity index (χ1v) is 11.1. The largest absolute Gasteiger partial charge is 0.488 e. The van der Waals surface area contributed by atoms with E-state index in [0.29, 0.717) is 39.6 Å². The van der Waals surface area contributed by atoms with Crippen molar-refractivity contribution in [2.45, 2.75) is 52.2 Å². The second-order valence-electron chi connectivity index (χ2n) is 9.87. The fourth-order valence-corrected chi connectivity index (χ4v) is 3.60. The Morgan fingerprint density at radius 3 is 1.79 bits per heavy atom. The van der Waals surface area contributed by atoms with E-state index in [1.807, 2.05) is 40.7 Å². The molecule has 0 saturated carbocycles. The lowest BCUT2D eigenvalue weighted by Gasteiger charge is -2.26. The number of hydrogen-bond acceptors (Lipinski definition) is 6. The molecule has 0 aromatic heterocycles. The lowest BCUT2D eigenvalue weighted by molar-refractivity contribution is 0.0725. The quantitative estimate of drug-likeness (QED) is 0.330. The van der Waals surface area contributed by atoms with E-state index in [0.717, 1.165) is 0 Å². The lowest BCUT2D eigenvalue weighted by atomic mass is 9.96. The molecule has 178 valence electrons. The van der Waals surface area contributed by atoms with Gasteiger partial charge in [0.15, 0.2) is 11.6 Å². The molecule has 0 unspecified atom stereocenters. The van der Waals surface area contributed by atoms with Crippen molar-refractivity contribution in [2.75, 3.05) is 11.5 Å². The molecule has 0 heterocycles. The highest BCUT2D eigenvalue weighted by Gasteiger charge is 2.27. The van der Waals surface area contributed by atoms with E-state index < -0.39 is 5.60 Å². The number of hydrogen-bond donors (Lipinski definition) is 2. The van der Waals surface area contributed by atoms with Gasteiger partial charge in [-0.25, -0.2) is 0 Å². The van der Waals surface area contributed by atoms with Gasteiger partial charge in [0.25, 0.3) is 0 Å². The summed E-state index contributed by atoms with van der Waals surface area (Å²) in [5.74, 6) is 0.779. The zero-order valence-electron chi connectivity index (χ0n) is 20.3. The molecule has 0 radical (unpaired) electrons. The molecule has 0 spiro atoms. The van der Waals surface area contributed by atoms with Crippen LogP contribution in [0.5, 0.6) is 11.5 Å². The predicted molar refractivity (Wildman–Crippen MR) is 136 cm³/mol. The van der Waals surface area contributed by atoms with Gasteiger partial charge in [-0.15, -0.1) is 0 Å². The Morgan fingerprint density at radius 1 is 0.735 bits per heavy atom. The van der Waals surface area contributed by atoms with E-state index in [9.17, 15) is 9.59 Å².